The summed E-state index contributed by atoms with van der Waals surface area (Å²) in [7, 11) is 0. The molecule has 0 aliphatic rings. The van der Waals surface area contributed by atoms with Gasteiger partial charge in [-0.1, -0.05) is 31.0 Å². The number of hydrogen-bond donors (Lipinski definition) is 1. The molecule has 3 nitrogen and oxygen atoms in total. The second kappa shape index (κ2) is 5.73. The number of anilines is 1. The lowest BCUT2D eigenvalue weighted by atomic mass is 10.2. The minimum Gasteiger partial charge on any atom is -0.383 e. The molecule has 4 heteroatoms. The number of benzene rings is 1. The van der Waals surface area contributed by atoms with Crippen LogP contribution in [0.2, 0.25) is 5.02 Å². The van der Waals surface area contributed by atoms with Crippen LogP contribution in [0, 0.1) is 0 Å². The third-order valence-corrected chi connectivity index (χ3v) is 2.90. The fourth-order valence-electron chi connectivity index (χ4n) is 1.71. The molecule has 0 radical (unpaired) electrons. The van der Waals surface area contributed by atoms with Crippen LogP contribution in [-0.4, -0.2) is 16.1 Å². The average Bonchev–Trinajstić information content (AvgIpc) is 2.83. The first kappa shape index (κ1) is 12.0. The van der Waals surface area contributed by atoms with Gasteiger partial charge in [0.05, 0.1) is 22.7 Å². The molecular formula is C13H16ClN3. The van der Waals surface area contributed by atoms with E-state index in [1.165, 1.54) is 6.42 Å². The van der Waals surface area contributed by atoms with E-state index in [-0.39, 0.29) is 0 Å². The van der Waals surface area contributed by atoms with Gasteiger partial charge in [0.2, 0.25) is 0 Å². The van der Waals surface area contributed by atoms with Crippen molar-refractivity contribution in [1.29, 1.82) is 0 Å². The summed E-state index contributed by atoms with van der Waals surface area (Å²) < 4.78 is 1.93. The van der Waals surface area contributed by atoms with E-state index in [2.05, 4.69) is 17.2 Å². The van der Waals surface area contributed by atoms with Gasteiger partial charge >= 0.3 is 0 Å². The third-order valence-electron chi connectivity index (χ3n) is 2.60. The quantitative estimate of drug-likeness (QED) is 0.819. The Balaban J connectivity index is 2.29. The van der Waals surface area contributed by atoms with Crippen LogP contribution in [0.5, 0.6) is 0 Å². The molecule has 0 atom stereocenters. The molecule has 0 amide bonds. The van der Waals surface area contributed by atoms with E-state index in [0.717, 1.165) is 29.4 Å². The topological polar surface area (TPSA) is 29.9 Å². The number of aromatic nitrogens is 2. The second-order valence-corrected chi connectivity index (χ2v) is 4.29. The molecule has 0 unspecified atom stereocenters. The number of hydrogen-bond acceptors (Lipinski definition) is 2. The first-order chi connectivity index (χ1) is 8.33. The smallest absolute Gasteiger partial charge is 0.0992 e. The van der Waals surface area contributed by atoms with Gasteiger partial charge in [-0.3, -0.25) is 0 Å². The maximum Gasteiger partial charge on any atom is 0.0992 e. The van der Waals surface area contributed by atoms with E-state index in [9.17, 15) is 0 Å². The molecule has 0 aliphatic carbocycles. The third kappa shape index (κ3) is 2.80. The first-order valence-electron chi connectivity index (χ1n) is 5.83. The van der Waals surface area contributed by atoms with Crippen LogP contribution in [0.1, 0.15) is 19.8 Å². The van der Waals surface area contributed by atoms with Gasteiger partial charge in [0.15, 0.2) is 0 Å². The van der Waals surface area contributed by atoms with Gasteiger partial charge in [0, 0.05) is 18.9 Å². The highest BCUT2D eigenvalue weighted by atomic mass is 35.5. The van der Waals surface area contributed by atoms with Crippen LogP contribution in [0.4, 0.5) is 5.69 Å². The summed E-state index contributed by atoms with van der Waals surface area (Å²) >= 11 is 6.25. The lowest BCUT2D eigenvalue weighted by Crippen LogP contribution is -2.05. The molecule has 90 valence electrons. The van der Waals surface area contributed by atoms with Crippen molar-refractivity contribution in [2.24, 2.45) is 0 Å². The Bertz CT molecular complexity index is 466. The Morgan fingerprint density at radius 3 is 3.00 bits per heavy atom. The Labute approximate surface area is 106 Å². The molecule has 0 fully saturated rings. The Hall–Kier alpha value is -1.48. The minimum atomic E-state index is 0.726. The van der Waals surface area contributed by atoms with Gasteiger partial charge in [-0.05, 0) is 18.6 Å². The van der Waals surface area contributed by atoms with E-state index in [1.807, 2.05) is 29.0 Å². The van der Waals surface area contributed by atoms with Crippen molar-refractivity contribution in [3.63, 3.8) is 0 Å². The Morgan fingerprint density at radius 2 is 2.29 bits per heavy atom. The van der Waals surface area contributed by atoms with Crippen LogP contribution in [0.3, 0.4) is 0 Å². The number of rotatable bonds is 5. The van der Waals surface area contributed by atoms with Crippen LogP contribution < -0.4 is 5.32 Å². The number of halogens is 1. The maximum atomic E-state index is 6.25. The molecule has 17 heavy (non-hydrogen) atoms. The van der Waals surface area contributed by atoms with Crippen molar-refractivity contribution < 1.29 is 0 Å². The summed E-state index contributed by atoms with van der Waals surface area (Å²) in [6.45, 7) is 3.13. The van der Waals surface area contributed by atoms with Gasteiger partial charge in [-0.2, -0.15) is 0 Å². The Morgan fingerprint density at radius 1 is 1.41 bits per heavy atom. The van der Waals surface area contributed by atoms with Crippen LogP contribution in [-0.2, 0) is 0 Å². The lowest BCUT2D eigenvalue weighted by Gasteiger charge is -2.13. The molecule has 0 saturated heterocycles. The number of para-hydroxylation sites is 1. The summed E-state index contributed by atoms with van der Waals surface area (Å²) in [4.78, 5) is 4.05. The monoisotopic (exact) mass is 249 g/mol. The number of imidazole rings is 1. The molecule has 0 spiro atoms. The maximum absolute atomic E-state index is 6.25. The normalized spacial score (nSPS) is 10.5. The van der Waals surface area contributed by atoms with Crippen molar-refractivity contribution in [1.82, 2.24) is 9.55 Å². The van der Waals surface area contributed by atoms with Crippen molar-refractivity contribution >= 4 is 17.3 Å². The summed E-state index contributed by atoms with van der Waals surface area (Å²) in [5.74, 6) is 0. The van der Waals surface area contributed by atoms with Gasteiger partial charge in [0.25, 0.3) is 0 Å². The molecule has 1 aromatic heterocycles. The standard InChI is InChI=1S/C13H16ClN3/c1-2-3-7-16-12-6-4-5-11(14)13(12)17-9-8-15-10-17/h4-6,8-10,16H,2-3,7H2,1H3. The molecule has 0 bridgehead atoms. The molecule has 0 saturated carbocycles. The minimum absolute atomic E-state index is 0.726. The zero-order valence-corrected chi connectivity index (χ0v) is 10.6. The van der Waals surface area contributed by atoms with Crippen LogP contribution in [0.25, 0.3) is 5.69 Å². The van der Waals surface area contributed by atoms with E-state index in [0.29, 0.717) is 0 Å². The van der Waals surface area contributed by atoms with E-state index < -0.39 is 0 Å². The van der Waals surface area contributed by atoms with Crippen molar-refractivity contribution in [3.05, 3.63) is 41.9 Å². The molecule has 2 aromatic rings. The van der Waals surface area contributed by atoms with Crippen molar-refractivity contribution in [2.75, 3.05) is 11.9 Å². The van der Waals surface area contributed by atoms with Crippen molar-refractivity contribution in [3.8, 4) is 5.69 Å². The zero-order valence-electron chi connectivity index (χ0n) is 9.86. The lowest BCUT2D eigenvalue weighted by molar-refractivity contribution is 0.833. The SMILES string of the molecule is CCCCNc1cccc(Cl)c1-n1ccnc1. The molecular weight excluding hydrogens is 234 g/mol. The van der Waals surface area contributed by atoms with E-state index in [1.54, 1.807) is 12.5 Å². The highest BCUT2D eigenvalue weighted by Crippen LogP contribution is 2.28. The first-order valence-corrected chi connectivity index (χ1v) is 6.21. The van der Waals surface area contributed by atoms with Crippen LogP contribution >= 0.6 is 11.6 Å². The number of nitrogens with one attached hydrogen (secondary N) is 1. The Kier molecular flexibility index (Phi) is 4.04. The fraction of sp³-hybridized carbons (Fsp3) is 0.308. The van der Waals surface area contributed by atoms with E-state index in [4.69, 9.17) is 11.6 Å². The molecule has 2 rings (SSSR count). The predicted octanol–water partition coefficient (Wildman–Crippen LogP) is 3.74. The molecule has 0 aliphatic heterocycles. The van der Waals surface area contributed by atoms with Crippen LogP contribution in [0.15, 0.2) is 36.9 Å². The number of unbranched alkanes of at least 4 members (excludes halogenated alkanes) is 1. The summed E-state index contributed by atoms with van der Waals surface area (Å²) in [6.07, 6.45) is 7.72. The highest BCUT2D eigenvalue weighted by molar-refractivity contribution is 6.33. The van der Waals surface area contributed by atoms with Crippen molar-refractivity contribution in [2.45, 2.75) is 19.8 Å². The van der Waals surface area contributed by atoms with E-state index >= 15 is 0 Å². The average molecular weight is 250 g/mol. The molecule has 1 N–H and O–H groups in total. The molecule has 1 heterocycles. The summed E-state index contributed by atoms with van der Waals surface area (Å²) in [6, 6.07) is 5.88. The summed E-state index contributed by atoms with van der Waals surface area (Å²) in [5, 5.41) is 4.14. The largest absolute Gasteiger partial charge is 0.383 e. The van der Waals surface area contributed by atoms with Gasteiger partial charge < -0.3 is 9.88 Å². The predicted molar refractivity (Wildman–Crippen MR) is 72.0 cm³/mol. The van der Waals surface area contributed by atoms with Gasteiger partial charge in [-0.15, -0.1) is 0 Å². The van der Waals surface area contributed by atoms with Gasteiger partial charge in [0.1, 0.15) is 0 Å². The molecule has 1 aromatic carbocycles. The second-order valence-electron chi connectivity index (χ2n) is 3.89. The fourth-order valence-corrected chi connectivity index (χ4v) is 1.98. The van der Waals surface area contributed by atoms with Gasteiger partial charge in [-0.25, -0.2) is 4.98 Å². The summed E-state index contributed by atoms with van der Waals surface area (Å²) in [5.41, 5.74) is 2.01. The highest BCUT2D eigenvalue weighted by Gasteiger charge is 2.07. The number of nitrogens with zero attached hydrogens (tertiary/aromatic N) is 2. The zero-order chi connectivity index (χ0) is 12.1.